The van der Waals surface area contributed by atoms with Crippen molar-refractivity contribution >= 4 is 11.4 Å². The fraction of sp³-hybridized carbons (Fsp3) is 0.133. The zero-order valence-corrected chi connectivity index (χ0v) is 10.4. The van der Waals surface area contributed by atoms with E-state index in [4.69, 9.17) is 4.74 Å². The van der Waals surface area contributed by atoms with Crippen LogP contribution in [0.2, 0.25) is 0 Å². The molecule has 0 aliphatic rings. The first-order valence-electron chi connectivity index (χ1n) is 5.65. The van der Waals surface area contributed by atoms with Crippen LogP contribution in [0.3, 0.4) is 0 Å². The molecule has 0 saturated heterocycles. The van der Waals surface area contributed by atoms with E-state index in [1.165, 1.54) is 6.07 Å². The molecule has 0 unspecified atom stereocenters. The average molecular weight is 243 g/mol. The minimum Gasteiger partial charge on any atom is -0.497 e. The summed E-state index contributed by atoms with van der Waals surface area (Å²) in [5, 5.41) is 0. The van der Waals surface area contributed by atoms with E-state index in [0.717, 1.165) is 11.4 Å². The second-order valence-electron chi connectivity index (χ2n) is 3.88. The zero-order valence-electron chi connectivity index (χ0n) is 10.4. The summed E-state index contributed by atoms with van der Waals surface area (Å²) in [6.45, 7) is 1.79. The van der Waals surface area contributed by atoms with Crippen LogP contribution in [0.25, 0.3) is 0 Å². The molecule has 2 aromatic carbocycles. The van der Waals surface area contributed by atoms with E-state index >= 15 is 0 Å². The van der Waals surface area contributed by atoms with E-state index in [9.17, 15) is 4.39 Å². The van der Waals surface area contributed by atoms with Crippen molar-refractivity contribution in [3.63, 3.8) is 0 Å². The summed E-state index contributed by atoms with van der Waals surface area (Å²) in [5.74, 6) is 0.518. The molecule has 0 fully saturated rings. The molecule has 0 aliphatic carbocycles. The Bertz CT molecular complexity index is 561. The SMILES string of the molecule is COc1ccc(N=C(C)c2ccccc2F)cc1. The molecular weight excluding hydrogens is 229 g/mol. The van der Waals surface area contributed by atoms with Gasteiger partial charge in [0.15, 0.2) is 0 Å². The van der Waals surface area contributed by atoms with Crippen molar-refractivity contribution < 1.29 is 9.13 Å². The quantitative estimate of drug-likeness (QED) is 0.747. The van der Waals surface area contributed by atoms with E-state index in [0.29, 0.717) is 11.3 Å². The summed E-state index contributed by atoms with van der Waals surface area (Å²) in [5.41, 5.74) is 1.95. The monoisotopic (exact) mass is 243 g/mol. The van der Waals surface area contributed by atoms with E-state index in [2.05, 4.69) is 4.99 Å². The summed E-state index contributed by atoms with van der Waals surface area (Å²) in [4.78, 5) is 4.39. The van der Waals surface area contributed by atoms with Crippen LogP contribution in [0.4, 0.5) is 10.1 Å². The maximum absolute atomic E-state index is 13.6. The fourth-order valence-electron chi connectivity index (χ4n) is 1.67. The average Bonchev–Trinajstić information content (AvgIpc) is 2.40. The Morgan fingerprint density at radius 2 is 1.72 bits per heavy atom. The molecule has 0 aliphatic heterocycles. The predicted molar refractivity (Wildman–Crippen MR) is 71.3 cm³/mol. The van der Waals surface area contributed by atoms with Crippen LogP contribution in [0.5, 0.6) is 5.75 Å². The first-order chi connectivity index (χ1) is 8.70. The highest BCUT2D eigenvalue weighted by molar-refractivity contribution is 6.00. The van der Waals surface area contributed by atoms with Gasteiger partial charge in [0, 0.05) is 11.3 Å². The van der Waals surface area contributed by atoms with Gasteiger partial charge in [-0.1, -0.05) is 18.2 Å². The van der Waals surface area contributed by atoms with Crippen LogP contribution in [0.1, 0.15) is 12.5 Å². The Labute approximate surface area is 106 Å². The van der Waals surface area contributed by atoms with Crippen molar-refractivity contribution in [2.45, 2.75) is 6.92 Å². The Morgan fingerprint density at radius 3 is 2.33 bits per heavy atom. The number of ether oxygens (including phenoxy) is 1. The highest BCUT2D eigenvalue weighted by Crippen LogP contribution is 2.19. The van der Waals surface area contributed by atoms with Crippen LogP contribution in [-0.2, 0) is 0 Å². The lowest BCUT2D eigenvalue weighted by atomic mass is 10.1. The molecule has 0 aromatic heterocycles. The van der Waals surface area contributed by atoms with E-state index in [1.54, 1.807) is 32.2 Å². The van der Waals surface area contributed by atoms with Crippen molar-refractivity contribution in [2.24, 2.45) is 4.99 Å². The zero-order chi connectivity index (χ0) is 13.0. The lowest BCUT2D eigenvalue weighted by Gasteiger charge is -2.03. The Kier molecular flexibility index (Phi) is 3.72. The van der Waals surface area contributed by atoms with E-state index < -0.39 is 0 Å². The van der Waals surface area contributed by atoms with Crippen molar-refractivity contribution in [1.82, 2.24) is 0 Å². The normalized spacial score (nSPS) is 11.4. The number of hydrogen-bond acceptors (Lipinski definition) is 2. The molecule has 0 bridgehead atoms. The standard InChI is InChI=1S/C15H14FNO/c1-11(14-5-3-4-6-15(14)16)17-12-7-9-13(18-2)10-8-12/h3-10H,1-2H3. The van der Waals surface area contributed by atoms with Gasteiger partial charge in [-0.3, -0.25) is 4.99 Å². The molecule has 0 atom stereocenters. The van der Waals surface area contributed by atoms with Gasteiger partial charge < -0.3 is 4.74 Å². The molecule has 0 N–H and O–H groups in total. The van der Waals surface area contributed by atoms with Crippen LogP contribution in [0, 0.1) is 5.82 Å². The van der Waals surface area contributed by atoms with Crippen LogP contribution >= 0.6 is 0 Å². The second kappa shape index (κ2) is 5.45. The molecule has 2 aromatic rings. The molecule has 0 saturated carbocycles. The van der Waals surface area contributed by atoms with Gasteiger partial charge >= 0.3 is 0 Å². The van der Waals surface area contributed by atoms with Crippen LogP contribution in [-0.4, -0.2) is 12.8 Å². The van der Waals surface area contributed by atoms with Crippen molar-refractivity contribution in [1.29, 1.82) is 0 Å². The molecule has 18 heavy (non-hydrogen) atoms. The number of hydrogen-bond donors (Lipinski definition) is 0. The summed E-state index contributed by atoms with van der Waals surface area (Å²) < 4.78 is 18.6. The third-order valence-electron chi connectivity index (χ3n) is 2.63. The minimum atomic E-state index is -0.257. The third-order valence-corrected chi connectivity index (χ3v) is 2.63. The molecule has 3 heteroatoms. The smallest absolute Gasteiger partial charge is 0.132 e. The van der Waals surface area contributed by atoms with Crippen molar-refractivity contribution in [2.75, 3.05) is 7.11 Å². The molecule has 0 amide bonds. The maximum atomic E-state index is 13.6. The molecule has 0 heterocycles. The number of methoxy groups -OCH3 is 1. The van der Waals surface area contributed by atoms with E-state index in [-0.39, 0.29) is 5.82 Å². The van der Waals surface area contributed by atoms with Gasteiger partial charge in [-0.05, 0) is 37.3 Å². The van der Waals surface area contributed by atoms with Gasteiger partial charge in [-0.15, -0.1) is 0 Å². The Morgan fingerprint density at radius 1 is 1.06 bits per heavy atom. The Balaban J connectivity index is 2.29. The first kappa shape index (κ1) is 12.3. The molecule has 0 radical (unpaired) electrons. The van der Waals surface area contributed by atoms with Gasteiger partial charge in [0.25, 0.3) is 0 Å². The molecule has 2 nitrogen and oxygen atoms in total. The number of rotatable bonds is 3. The predicted octanol–water partition coefficient (Wildman–Crippen LogP) is 3.98. The highest BCUT2D eigenvalue weighted by Gasteiger charge is 2.03. The molecule has 92 valence electrons. The van der Waals surface area contributed by atoms with Crippen molar-refractivity contribution in [3.8, 4) is 5.75 Å². The number of benzene rings is 2. The largest absolute Gasteiger partial charge is 0.497 e. The van der Waals surface area contributed by atoms with Crippen LogP contribution in [0.15, 0.2) is 53.5 Å². The first-order valence-corrected chi connectivity index (χ1v) is 5.65. The summed E-state index contributed by atoms with van der Waals surface area (Å²) in [6, 6.07) is 13.9. The summed E-state index contributed by atoms with van der Waals surface area (Å²) in [6.07, 6.45) is 0. The van der Waals surface area contributed by atoms with Gasteiger partial charge in [0.1, 0.15) is 11.6 Å². The molecule has 2 rings (SSSR count). The van der Waals surface area contributed by atoms with E-state index in [1.807, 2.05) is 24.3 Å². The minimum absolute atomic E-state index is 0.257. The lowest BCUT2D eigenvalue weighted by Crippen LogP contribution is -1.97. The molecule has 0 spiro atoms. The van der Waals surface area contributed by atoms with Crippen LogP contribution < -0.4 is 4.74 Å². The molecular formula is C15H14FNO. The summed E-state index contributed by atoms with van der Waals surface area (Å²) in [7, 11) is 1.61. The maximum Gasteiger partial charge on any atom is 0.132 e. The Hall–Kier alpha value is -2.16. The van der Waals surface area contributed by atoms with Gasteiger partial charge in [-0.25, -0.2) is 4.39 Å². The lowest BCUT2D eigenvalue weighted by molar-refractivity contribution is 0.415. The number of halogens is 1. The number of nitrogens with zero attached hydrogens (tertiary/aromatic N) is 1. The van der Waals surface area contributed by atoms with Gasteiger partial charge in [0.05, 0.1) is 12.8 Å². The topological polar surface area (TPSA) is 21.6 Å². The highest BCUT2D eigenvalue weighted by atomic mass is 19.1. The fourth-order valence-corrected chi connectivity index (χ4v) is 1.67. The van der Waals surface area contributed by atoms with Crippen molar-refractivity contribution in [3.05, 3.63) is 59.9 Å². The third kappa shape index (κ3) is 2.74. The van der Waals surface area contributed by atoms with Gasteiger partial charge in [0.2, 0.25) is 0 Å². The number of aliphatic imine (C=N–C) groups is 1. The summed E-state index contributed by atoms with van der Waals surface area (Å²) >= 11 is 0. The second-order valence-corrected chi connectivity index (χ2v) is 3.88. The van der Waals surface area contributed by atoms with Gasteiger partial charge in [-0.2, -0.15) is 0 Å².